The Bertz CT molecular complexity index is 1520. The van der Waals surface area contributed by atoms with Crippen molar-refractivity contribution < 1.29 is 24.2 Å². The molecular weight excluding hydrogens is 633 g/mol. The van der Waals surface area contributed by atoms with E-state index in [4.69, 9.17) is 38.0 Å². The summed E-state index contributed by atoms with van der Waals surface area (Å²) >= 11 is 12.6. The highest BCUT2D eigenvalue weighted by atomic mass is 35.5. The van der Waals surface area contributed by atoms with Crippen molar-refractivity contribution in [1.29, 1.82) is 0 Å². The first kappa shape index (κ1) is 33.4. The van der Waals surface area contributed by atoms with E-state index < -0.39 is 5.97 Å². The van der Waals surface area contributed by atoms with Gasteiger partial charge in [-0.15, -0.1) is 0 Å². The summed E-state index contributed by atoms with van der Waals surface area (Å²) in [5.41, 5.74) is 2.46. The van der Waals surface area contributed by atoms with Crippen LogP contribution in [0.4, 0.5) is 5.95 Å². The molecule has 2 saturated heterocycles. The number of nitrogens with one attached hydrogen (secondary N) is 1. The minimum absolute atomic E-state index is 0.00238. The molecule has 2 N–H and O–H groups in total. The summed E-state index contributed by atoms with van der Waals surface area (Å²) in [6, 6.07) is 9.23. The van der Waals surface area contributed by atoms with Crippen LogP contribution in [-0.4, -0.2) is 93.5 Å². The number of piperidine rings is 1. The van der Waals surface area contributed by atoms with Gasteiger partial charge in [-0.25, -0.2) is 15.0 Å². The Kier molecular flexibility index (Phi) is 11.3. The average Bonchev–Trinajstić information content (AvgIpc) is 3.03. The standard InChI is InChI=1S/C32H37Cl2N7O5/c1-21(42)35-17-22-4-6-39(7-5-22)20-23-12-28(24-14-25(33)16-26(34)15-24)38-29(13-23)46-27-18-36-32(37-19-27)41-10-8-40(9-11-41)30(43)2-3-31(44)45/h12-16,18-19,22H,2-11,17,20H2,1H3,(H,35,42)(H,44,45). The van der Waals surface area contributed by atoms with Crippen LogP contribution in [0.2, 0.25) is 10.0 Å². The third-order valence-corrected chi connectivity index (χ3v) is 8.51. The molecule has 0 radical (unpaired) electrons. The van der Waals surface area contributed by atoms with Crippen LogP contribution in [0.5, 0.6) is 11.6 Å². The molecule has 2 aromatic heterocycles. The number of ether oxygens (including phenoxy) is 1. The zero-order valence-corrected chi connectivity index (χ0v) is 27.1. The second-order valence-corrected chi connectivity index (χ2v) is 12.5. The first-order valence-electron chi connectivity index (χ1n) is 15.3. The van der Waals surface area contributed by atoms with E-state index in [0.717, 1.165) is 37.1 Å². The van der Waals surface area contributed by atoms with Crippen LogP contribution in [0, 0.1) is 5.92 Å². The van der Waals surface area contributed by atoms with Crippen molar-refractivity contribution in [2.75, 3.05) is 50.7 Å². The van der Waals surface area contributed by atoms with Gasteiger partial charge in [0.2, 0.25) is 23.6 Å². The van der Waals surface area contributed by atoms with Gasteiger partial charge in [0.25, 0.3) is 0 Å². The molecule has 12 nitrogen and oxygen atoms in total. The topological polar surface area (TPSA) is 141 Å². The number of carbonyl (C=O) groups excluding carboxylic acids is 2. The lowest BCUT2D eigenvalue weighted by Gasteiger charge is -2.34. The number of carbonyl (C=O) groups is 3. The molecule has 0 atom stereocenters. The van der Waals surface area contributed by atoms with Crippen molar-refractivity contribution in [3.63, 3.8) is 0 Å². The number of pyridine rings is 1. The van der Waals surface area contributed by atoms with E-state index in [0.29, 0.717) is 78.5 Å². The molecule has 2 aliphatic heterocycles. The smallest absolute Gasteiger partial charge is 0.303 e. The molecule has 4 heterocycles. The minimum Gasteiger partial charge on any atom is -0.481 e. The second kappa shape index (κ2) is 15.5. The van der Waals surface area contributed by atoms with Crippen molar-refractivity contribution in [3.8, 4) is 22.9 Å². The Balaban J connectivity index is 1.26. The zero-order chi connectivity index (χ0) is 32.6. The van der Waals surface area contributed by atoms with Gasteiger partial charge < -0.3 is 25.0 Å². The van der Waals surface area contributed by atoms with E-state index in [1.165, 1.54) is 0 Å². The number of aliphatic carboxylic acids is 1. The van der Waals surface area contributed by atoms with E-state index in [2.05, 4.69) is 20.2 Å². The Morgan fingerprint density at radius 2 is 1.61 bits per heavy atom. The number of rotatable bonds is 11. The summed E-state index contributed by atoms with van der Waals surface area (Å²) in [5.74, 6) is 0.654. The first-order chi connectivity index (χ1) is 22.1. The third kappa shape index (κ3) is 9.51. The molecule has 244 valence electrons. The van der Waals surface area contributed by atoms with E-state index in [1.807, 2.05) is 29.2 Å². The molecule has 0 unspecified atom stereocenters. The molecule has 3 aromatic rings. The summed E-state index contributed by atoms with van der Waals surface area (Å²) in [6.45, 7) is 6.82. The zero-order valence-electron chi connectivity index (χ0n) is 25.6. The number of halogens is 2. The number of nitrogens with zero attached hydrogens (tertiary/aromatic N) is 6. The van der Waals surface area contributed by atoms with Gasteiger partial charge in [-0.3, -0.25) is 19.3 Å². The maximum absolute atomic E-state index is 12.3. The number of carboxylic acid groups (broad SMARTS) is 1. The molecule has 0 bridgehead atoms. The van der Waals surface area contributed by atoms with Crippen LogP contribution >= 0.6 is 23.2 Å². The van der Waals surface area contributed by atoms with Gasteiger partial charge in [0.05, 0.1) is 24.5 Å². The van der Waals surface area contributed by atoms with Crippen LogP contribution in [0.15, 0.2) is 42.7 Å². The van der Waals surface area contributed by atoms with E-state index in [-0.39, 0.29) is 24.7 Å². The average molecular weight is 671 g/mol. The van der Waals surface area contributed by atoms with Gasteiger partial charge in [-0.2, -0.15) is 0 Å². The molecular formula is C32H37Cl2N7O5. The molecule has 2 fully saturated rings. The molecule has 5 rings (SSSR count). The highest BCUT2D eigenvalue weighted by Gasteiger charge is 2.23. The van der Waals surface area contributed by atoms with E-state index in [1.54, 1.807) is 30.3 Å². The van der Waals surface area contributed by atoms with Crippen LogP contribution in [0.3, 0.4) is 0 Å². The number of piperazine rings is 1. The molecule has 2 aliphatic rings. The number of hydrogen-bond acceptors (Lipinski definition) is 9. The Morgan fingerprint density at radius 1 is 0.935 bits per heavy atom. The third-order valence-electron chi connectivity index (χ3n) is 8.08. The molecule has 46 heavy (non-hydrogen) atoms. The van der Waals surface area contributed by atoms with Crippen LogP contribution in [0.1, 0.15) is 38.2 Å². The van der Waals surface area contributed by atoms with Gasteiger partial charge in [-0.1, -0.05) is 23.2 Å². The van der Waals surface area contributed by atoms with Crippen LogP contribution in [0.25, 0.3) is 11.3 Å². The maximum Gasteiger partial charge on any atom is 0.303 e. The Morgan fingerprint density at radius 3 is 2.24 bits per heavy atom. The number of aromatic nitrogens is 3. The second-order valence-electron chi connectivity index (χ2n) is 11.6. The Labute approximate surface area is 277 Å². The number of benzene rings is 1. The molecule has 1 aromatic carbocycles. The minimum atomic E-state index is -0.981. The number of likely N-dealkylation sites (tertiary alicyclic amines) is 1. The summed E-state index contributed by atoms with van der Waals surface area (Å²) in [6.07, 6.45) is 5.03. The Hall–Kier alpha value is -4.00. The summed E-state index contributed by atoms with van der Waals surface area (Å²) in [7, 11) is 0. The largest absolute Gasteiger partial charge is 0.481 e. The number of carboxylic acids is 1. The molecule has 14 heteroatoms. The lowest BCUT2D eigenvalue weighted by molar-refractivity contribution is -0.141. The quantitative estimate of drug-likeness (QED) is 0.300. The predicted octanol–water partition coefficient (Wildman–Crippen LogP) is 4.50. The van der Waals surface area contributed by atoms with Crippen molar-refractivity contribution >= 4 is 46.9 Å². The van der Waals surface area contributed by atoms with Crippen LogP contribution < -0.4 is 15.0 Å². The van der Waals surface area contributed by atoms with Crippen molar-refractivity contribution in [2.24, 2.45) is 5.92 Å². The van der Waals surface area contributed by atoms with Gasteiger partial charge in [0.1, 0.15) is 0 Å². The fourth-order valence-corrected chi connectivity index (χ4v) is 6.15. The SMILES string of the molecule is CC(=O)NCC1CCN(Cc2cc(Oc3cnc(N4CCN(C(=O)CCC(=O)O)CC4)nc3)nc(-c3cc(Cl)cc(Cl)c3)c2)CC1. The lowest BCUT2D eigenvalue weighted by Crippen LogP contribution is -2.49. The number of hydrogen-bond donors (Lipinski definition) is 2. The van der Waals surface area contributed by atoms with Crippen molar-refractivity contribution in [1.82, 2.24) is 30.1 Å². The maximum atomic E-state index is 12.3. The summed E-state index contributed by atoms with van der Waals surface area (Å²) < 4.78 is 6.16. The van der Waals surface area contributed by atoms with Gasteiger partial charge >= 0.3 is 5.97 Å². The van der Waals surface area contributed by atoms with Gasteiger partial charge in [0, 0.05) is 74.3 Å². The molecule has 0 spiro atoms. The fraction of sp³-hybridized carbons (Fsp3) is 0.438. The fourth-order valence-electron chi connectivity index (χ4n) is 5.62. The first-order valence-corrected chi connectivity index (χ1v) is 16.1. The molecule has 2 amide bonds. The molecule has 0 aliphatic carbocycles. The highest BCUT2D eigenvalue weighted by molar-refractivity contribution is 6.35. The van der Waals surface area contributed by atoms with Crippen molar-refractivity contribution in [3.05, 3.63) is 58.3 Å². The van der Waals surface area contributed by atoms with E-state index in [9.17, 15) is 14.4 Å². The number of amides is 2. The predicted molar refractivity (Wildman–Crippen MR) is 174 cm³/mol. The monoisotopic (exact) mass is 669 g/mol. The van der Waals surface area contributed by atoms with E-state index >= 15 is 0 Å². The number of anilines is 1. The normalized spacial score (nSPS) is 15.9. The van der Waals surface area contributed by atoms with Crippen LogP contribution in [-0.2, 0) is 20.9 Å². The lowest BCUT2D eigenvalue weighted by atomic mass is 9.96. The van der Waals surface area contributed by atoms with Gasteiger partial charge in [0.15, 0.2) is 5.75 Å². The van der Waals surface area contributed by atoms with Crippen molar-refractivity contribution in [2.45, 2.75) is 39.2 Å². The van der Waals surface area contributed by atoms with Gasteiger partial charge in [-0.05, 0) is 61.7 Å². The summed E-state index contributed by atoms with van der Waals surface area (Å²) in [4.78, 5) is 54.1. The molecule has 0 saturated carbocycles. The summed E-state index contributed by atoms with van der Waals surface area (Å²) in [5, 5.41) is 12.8. The highest BCUT2D eigenvalue weighted by Crippen LogP contribution is 2.31.